The van der Waals surface area contributed by atoms with Crippen LogP contribution in [-0.2, 0) is 6.54 Å². The smallest absolute Gasteiger partial charge is 0.352 e. The molecule has 3 nitrogen and oxygen atoms in total. The number of alkyl halides is 3. The number of aliphatic imine (C=N–C) groups is 1. The van der Waals surface area contributed by atoms with Crippen molar-refractivity contribution in [1.82, 2.24) is 10.2 Å². The second-order valence-electron chi connectivity index (χ2n) is 4.17. The van der Waals surface area contributed by atoms with Gasteiger partial charge in [0, 0.05) is 13.6 Å². The molecule has 0 radical (unpaired) electrons. The van der Waals surface area contributed by atoms with Gasteiger partial charge in [0.15, 0.2) is 5.96 Å². The minimum absolute atomic E-state index is 0.239. The molecule has 1 heterocycles. The molecular formula is C12H14F3N3. The number of nitrogens with one attached hydrogen (secondary N) is 1. The molecule has 1 aliphatic rings. The Labute approximate surface area is 103 Å². The largest absolute Gasteiger partial charge is 0.410 e. The molecule has 0 aromatic heterocycles. The maximum atomic E-state index is 12.6. The molecule has 0 spiro atoms. The monoisotopic (exact) mass is 257 g/mol. The Bertz CT molecular complexity index is 428. The topological polar surface area (TPSA) is 27.6 Å². The van der Waals surface area contributed by atoms with Crippen molar-refractivity contribution in [2.45, 2.75) is 18.8 Å². The highest BCUT2D eigenvalue weighted by molar-refractivity contribution is 5.81. The molecule has 2 rings (SSSR count). The Hall–Kier alpha value is -1.72. The van der Waals surface area contributed by atoms with Gasteiger partial charge in [-0.15, -0.1) is 0 Å². The fraction of sp³-hybridized carbons (Fsp3) is 0.417. The van der Waals surface area contributed by atoms with E-state index < -0.39 is 12.2 Å². The third kappa shape index (κ3) is 2.75. The van der Waals surface area contributed by atoms with E-state index in [1.54, 1.807) is 0 Å². The summed E-state index contributed by atoms with van der Waals surface area (Å²) in [4.78, 5) is 5.03. The van der Waals surface area contributed by atoms with E-state index in [1.807, 2.05) is 30.3 Å². The summed E-state index contributed by atoms with van der Waals surface area (Å²) >= 11 is 0. The number of rotatable bonds is 2. The van der Waals surface area contributed by atoms with Crippen LogP contribution in [0.4, 0.5) is 13.2 Å². The van der Waals surface area contributed by atoms with Gasteiger partial charge in [-0.25, -0.2) is 0 Å². The van der Waals surface area contributed by atoms with Crippen molar-refractivity contribution in [3.63, 3.8) is 0 Å². The molecule has 0 bridgehead atoms. The number of nitrogens with zero attached hydrogens (tertiary/aromatic N) is 2. The summed E-state index contributed by atoms with van der Waals surface area (Å²) in [5.41, 5.74) is 1.00. The third-order valence-corrected chi connectivity index (χ3v) is 2.89. The van der Waals surface area contributed by atoms with Crippen LogP contribution in [-0.4, -0.2) is 36.7 Å². The van der Waals surface area contributed by atoms with Crippen LogP contribution in [0.25, 0.3) is 0 Å². The summed E-state index contributed by atoms with van der Waals surface area (Å²) in [6.07, 6.45) is -4.24. The Kier molecular flexibility index (Phi) is 3.45. The van der Waals surface area contributed by atoms with E-state index in [-0.39, 0.29) is 6.54 Å². The molecule has 0 saturated carbocycles. The van der Waals surface area contributed by atoms with Gasteiger partial charge >= 0.3 is 6.18 Å². The zero-order chi connectivity index (χ0) is 13.2. The molecule has 0 aliphatic carbocycles. The van der Waals surface area contributed by atoms with Crippen molar-refractivity contribution >= 4 is 5.96 Å². The molecular weight excluding hydrogens is 243 g/mol. The normalized spacial score (nSPS) is 19.9. The van der Waals surface area contributed by atoms with Crippen LogP contribution in [0.5, 0.6) is 0 Å². The van der Waals surface area contributed by atoms with Gasteiger partial charge in [-0.2, -0.15) is 13.2 Å². The summed E-state index contributed by atoms with van der Waals surface area (Å²) in [5, 5.41) is 2.93. The van der Waals surface area contributed by atoms with Crippen LogP contribution in [0.3, 0.4) is 0 Å². The number of guanidine groups is 1. The molecule has 1 N–H and O–H groups in total. The van der Waals surface area contributed by atoms with Crippen LogP contribution in [0.15, 0.2) is 35.3 Å². The predicted molar refractivity (Wildman–Crippen MR) is 63.2 cm³/mol. The summed E-state index contributed by atoms with van der Waals surface area (Å²) in [6, 6.07) is 7.96. The first-order valence-corrected chi connectivity index (χ1v) is 5.60. The third-order valence-electron chi connectivity index (χ3n) is 2.89. The van der Waals surface area contributed by atoms with Crippen LogP contribution in [0, 0.1) is 0 Å². The Morgan fingerprint density at radius 2 is 2.00 bits per heavy atom. The van der Waals surface area contributed by atoms with Gasteiger partial charge in [0.25, 0.3) is 0 Å². The summed E-state index contributed by atoms with van der Waals surface area (Å²) in [5.74, 6) is 0.293. The minimum atomic E-state index is -4.24. The molecule has 1 aliphatic heterocycles. The van der Waals surface area contributed by atoms with Crippen molar-refractivity contribution < 1.29 is 13.2 Å². The summed E-state index contributed by atoms with van der Waals surface area (Å²) in [6.45, 7) is 0.228. The van der Waals surface area contributed by atoms with Crippen LogP contribution >= 0.6 is 0 Å². The van der Waals surface area contributed by atoms with Crippen LogP contribution in [0.2, 0.25) is 0 Å². The van der Waals surface area contributed by atoms with Gasteiger partial charge in [0.1, 0.15) is 6.04 Å². The molecule has 1 atom stereocenters. The predicted octanol–water partition coefficient (Wildman–Crippen LogP) is 2.01. The van der Waals surface area contributed by atoms with Gasteiger partial charge in [-0.3, -0.25) is 4.99 Å². The molecule has 18 heavy (non-hydrogen) atoms. The van der Waals surface area contributed by atoms with Gasteiger partial charge in [0.05, 0.1) is 6.54 Å². The van der Waals surface area contributed by atoms with Gasteiger partial charge < -0.3 is 10.2 Å². The van der Waals surface area contributed by atoms with Crippen molar-refractivity contribution in [2.24, 2.45) is 4.99 Å². The lowest BCUT2D eigenvalue weighted by atomic mass is 10.2. The summed E-state index contributed by atoms with van der Waals surface area (Å²) < 4.78 is 37.8. The number of halogens is 3. The molecule has 1 aromatic carbocycles. The maximum Gasteiger partial charge on any atom is 0.410 e. The maximum absolute atomic E-state index is 12.6. The number of hydrogen-bond acceptors (Lipinski definition) is 3. The molecule has 98 valence electrons. The van der Waals surface area contributed by atoms with Gasteiger partial charge in [-0.1, -0.05) is 30.3 Å². The lowest BCUT2D eigenvalue weighted by Crippen LogP contribution is -2.47. The fourth-order valence-corrected chi connectivity index (χ4v) is 1.84. The average molecular weight is 257 g/mol. The summed E-state index contributed by atoms with van der Waals surface area (Å²) in [7, 11) is 1.40. The average Bonchev–Trinajstić information content (AvgIpc) is 2.69. The van der Waals surface area contributed by atoms with Gasteiger partial charge in [0.2, 0.25) is 0 Å². The number of likely N-dealkylation sites (N-methyl/N-ethyl adjacent to an activating group) is 1. The van der Waals surface area contributed by atoms with Crippen LogP contribution in [0.1, 0.15) is 5.56 Å². The minimum Gasteiger partial charge on any atom is -0.352 e. The number of hydrogen-bond donors (Lipinski definition) is 1. The van der Waals surface area contributed by atoms with E-state index in [1.165, 1.54) is 7.05 Å². The second-order valence-corrected chi connectivity index (χ2v) is 4.17. The molecule has 0 amide bonds. The van der Waals surface area contributed by atoms with Gasteiger partial charge in [-0.05, 0) is 5.56 Å². The molecule has 0 saturated heterocycles. The van der Waals surface area contributed by atoms with Crippen molar-refractivity contribution in [3.8, 4) is 0 Å². The standard InChI is InChI=1S/C12H14F3N3/c1-18-10(12(13,14)15)8-17-11(18)16-7-9-5-3-2-4-6-9/h2-6,10H,7-8H2,1H3,(H,16,17). The first-order chi connectivity index (χ1) is 8.48. The van der Waals surface area contributed by atoms with E-state index in [9.17, 15) is 13.2 Å². The number of benzene rings is 1. The zero-order valence-electron chi connectivity index (χ0n) is 9.91. The molecule has 1 unspecified atom stereocenters. The quantitative estimate of drug-likeness (QED) is 0.877. The van der Waals surface area contributed by atoms with Crippen molar-refractivity contribution in [3.05, 3.63) is 35.9 Å². The van der Waals surface area contributed by atoms with E-state index in [0.29, 0.717) is 12.5 Å². The van der Waals surface area contributed by atoms with E-state index in [0.717, 1.165) is 10.5 Å². The first kappa shape index (κ1) is 12.7. The second kappa shape index (κ2) is 4.88. The Balaban J connectivity index is 1.92. The molecule has 6 heteroatoms. The fourth-order valence-electron chi connectivity index (χ4n) is 1.84. The Morgan fingerprint density at radius 1 is 1.33 bits per heavy atom. The van der Waals surface area contributed by atoms with E-state index in [4.69, 9.17) is 0 Å². The molecule has 0 fully saturated rings. The molecule has 1 aromatic rings. The highest BCUT2D eigenvalue weighted by Gasteiger charge is 2.45. The lowest BCUT2D eigenvalue weighted by Gasteiger charge is -2.25. The lowest BCUT2D eigenvalue weighted by molar-refractivity contribution is -0.165. The zero-order valence-corrected chi connectivity index (χ0v) is 9.91. The highest BCUT2D eigenvalue weighted by atomic mass is 19.4. The van der Waals surface area contributed by atoms with Crippen LogP contribution < -0.4 is 5.32 Å². The van der Waals surface area contributed by atoms with E-state index >= 15 is 0 Å². The van der Waals surface area contributed by atoms with Crippen molar-refractivity contribution in [2.75, 3.05) is 13.6 Å². The Morgan fingerprint density at radius 3 is 2.56 bits per heavy atom. The SMILES string of the molecule is CN1C(NCc2ccccc2)=NCC1C(F)(F)F. The van der Waals surface area contributed by atoms with Crippen molar-refractivity contribution in [1.29, 1.82) is 0 Å². The first-order valence-electron chi connectivity index (χ1n) is 5.60. The highest BCUT2D eigenvalue weighted by Crippen LogP contribution is 2.27. The van der Waals surface area contributed by atoms with E-state index in [2.05, 4.69) is 10.3 Å².